The summed E-state index contributed by atoms with van der Waals surface area (Å²) >= 11 is 6.07. The molecule has 0 aliphatic carbocycles. The van der Waals surface area contributed by atoms with Gasteiger partial charge in [0.25, 0.3) is 0 Å². The monoisotopic (exact) mass is 299 g/mol. The van der Waals surface area contributed by atoms with Crippen molar-refractivity contribution >= 4 is 22.8 Å². The van der Waals surface area contributed by atoms with Crippen molar-refractivity contribution in [3.05, 3.63) is 59.5 Å². The Labute approximate surface area is 129 Å². The van der Waals surface area contributed by atoms with Gasteiger partial charge in [0.05, 0.1) is 5.88 Å². The normalized spacial score (nSPS) is 12.7. The Balaban J connectivity index is 2.02. The van der Waals surface area contributed by atoms with Gasteiger partial charge in [-0.2, -0.15) is 0 Å². The maximum absolute atomic E-state index is 6.07. The second kappa shape index (κ2) is 5.86. The van der Waals surface area contributed by atoms with Gasteiger partial charge in [-0.25, -0.2) is 9.97 Å². The van der Waals surface area contributed by atoms with Crippen molar-refractivity contribution < 1.29 is 0 Å². The van der Waals surface area contributed by atoms with Gasteiger partial charge in [-0.15, -0.1) is 11.6 Å². The lowest BCUT2D eigenvalue weighted by Gasteiger charge is -2.14. The van der Waals surface area contributed by atoms with Crippen molar-refractivity contribution in [3.63, 3.8) is 0 Å². The van der Waals surface area contributed by atoms with E-state index in [4.69, 9.17) is 11.6 Å². The van der Waals surface area contributed by atoms with Gasteiger partial charge >= 0.3 is 0 Å². The molecule has 0 saturated heterocycles. The molecule has 0 fully saturated rings. The summed E-state index contributed by atoms with van der Waals surface area (Å²) in [6.45, 7) is 5.11. The highest BCUT2D eigenvalue weighted by molar-refractivity contribution is 6.16. The third-order valence-electron chi connectivity index (χ3n) is 3.86. The maximum Gasteiger partial charge on any atom is 0.160 e. The summed E-state index contributed by atoms with van der Waals surface area (Å²) in [5, 5.41) is 0. The fraction of sp³-hybridized carbons (Fsp3) is 0.294. The molecular weight excluding hydrogens is 282 g/mol. The Hall–Kier alpha value is -1.87. The molecule has 1 atom stereocenters. The molecule has 2 heterocycles. The van der Waals surface area contributed by atoms with Gasteiger partial charge in [-0.1, -0.05) is 37.3 Å². The van der Waals surface area contributed by atoms with Gasteiger partial charge in [0, 0.05) is 12.7 Å². The SMILES string of the molecule is Cc1ccnc2c1nc(CCl)n2CC(C)c1ccccc1. The van der Waals surface area contributed by atoms with E-state index in [0.29, 0.717) is 11.8 Å². The van der Waals surface area contributed by atoms with Crippen LogP contribution in [-0.2, 0) is 12.4 Å². The second-order valence-corrected chi connectivity index (χ2v) is 5.65. The summed E-state index contributed by atoms with van der Waals surface area (Å²) < 4.78 is 2.15. The van der Waals surface area contributed by atoms with Crippen molar-refractivity contribution in [2.24, 2.45) is 0 Å². The van der Waals surface area contributed by atoms with Crippen LogP contribution in [0.4, 0.5) is 0 Å². The van der Waals surface area contributed by atoms with Crippen LogP contribution in [-0.4, -0.2) is 14.5 Å². The van der Waals surface area contributed by atoms with Crippen molar-refractivity contribution in [3.8, 4) is 0 Å². The predicted molar refractivity (Wildman–Crippen MR) is 86.7 cm³/mol. The molecule has 0 saturated carbocycles. The largest absolute Gasteiger partial charge is 0.311 e. The molecule has 0 aliphatic heterocycles. The Morgan fingerprint density at radius 3 is 2.67 bits per heavy atom. The number of benzene rings is 1. The van der Waals surface area contributed by atoms with Crippen LogP contribution in [0.5, 0.6) is 0 Å². The summed E-state index contributed by atoms with van der Waals surface area (Å²) in [4.78, 5) is 9.15. The molecule has 2 aromatic heterocycles. The number of halogens is 1. The quantitative estimate of drug-likeness (QED) is 0.673. The Morgan fingerprint density at radius 2 is 1.95 bits per heavy atom. The van der Waals surface area contributed by atoms with Crippen molar-refractivity contribution in [2.45, 2.75) is 32.2 Å². The van der Waals surface area contributed by atoms with E-state index in [1.54, 1.807) is 0 Å². The van der Waals surface area contributed by atoms with Gasteiger partial charge in [0.1, 0.15) is 11.3 Å². The first-order valence-corrected chi connectivity index (χ1v) is 7.65. The lowest BCUT2D eigenvalue weighted by molar-refractivity contribution is 0.591. The first-order valence-electron chi connectivity index (χ1n) is 7.12. The summed E-state index contributed by atoms with van der Waals surface area (Å²) in [7, 11) is 0. The number of alkyl halides is 1. The van der Waals surface area contributed by atoms with Gasteiger partial charge in [-0.05, 0) is 30.0 Å². The molecule has 21 heavy (non-hydrogen) atoms. The van der Waals surface area contributed by atoms with Crippen LogP contribution >= 0.6 is 11.6 Å². The second-order valence-electron chi connectivity index (χ2n) is 5.38. The molecule has 0 radical (unpaired) electrons. The molecule has 0 aliphatic rings. The highest BCUT2D eigenvalue weighted by Crippen LogP contribution is 2.23. The minimum absolute atomic E-state index is 0.382. The molecule has 0 N–H and O–H groups in total. The van der Waals surface area contributed by atoms with E-state index >= 15 is 0 Å². The molecule has 4 heteroatoms. The number of rotatable bonds is 4. The zero-order valence-corrected chi connectivity index (χ0v) is 13.0. The van der Waals surface area contributed by atoms with Crippen LogP contribution in [0.3, 0.4) is 0 Å². The van der Waals surface area contributed by atoms with E-state index in [2.05, 4.69) is 52.6 Å². The van der Waals surface area contributed by atoms with Crippen molar-refractivity contribution in [1.29, 1.82) is 0 Å². The number of hydrogen-bond donors (Lipinski definition) is 0. The number of aromatic nitrogens is 3. The van der Waals surface area contributed by atoms with Gasteiger partial charge in [-0.3, -0.25) is 0 Å². The number of imidazole rings is 1. The zero-order valence-electron chi connectivity index (χ0n) is 12.3. The lowest BCUT2D eigenvalue weighted by Crippen LogP contribution is -2.09. The van der Waals surface area contributed by atoms with Crippen LogP contribution in [0.15, 0.2) is 42.6 Å². The minimum Gasteiger partial charge on any atom is -0.311 e. The molecular formula is C17H18ClN3. The molecule has 1 unspecified atom stereocenters. The van der Waals surface area contributed by atoms with Gasteiger partial charge < -0.3 is 4.57 Å². The Morgan fingerprint density at radius 1 is 1.19 bits per heavy atom. The summed E-state index contributed by atoms with van der Waals surface area (Å²) in [5.41, 5.74) is 4.33. The number of pyridine rings is 1. The Bertz CT molecular complexity index is 749. The van der Waals surface area contributed by atoms with E-state index in [0.717, 1.165) is 29.1 Å². The number of hydrogen-bond acceptors (Lipinski definition) is 2. The molecule has 0 bridgehead atoms. The van der Waals surface area contributed by atoms with E-state index < -0.39 is 0 Å². The van der Waals surface area contributed by atoms with Crippen molar-refractivity contribution in [1.82, 2.24) is 14.5 Å². The van der Waals surface area contributed by atoms with Gasteiger partial charge in [0.2, 0.25) is 0 Å². The third kappa shape index (κ3) is 2.66. The summed E-state index contributed by atoms with van der Waals surface area (Å²) in [5.74, 6) is 1.67. The molecule has 0 amide bonds. The van der Waals surface area contributed by atoms with Crippen LogP contribution in [0.25, 0.3) is 11.2 Å². The number of nitrogens with zero attached hydrogens (tertiary/aromatic N) is 3. The maximum atomic E-state index is 6.07. The molecule has 1 aromatic carbocycles. The van der Waals surface area contributed by atoms with E-state index in [9.17, 15) is 0 Å². The van der Waals surface area contributed by atoms with Crippen molar-refractivity contribution in [2.75, 3.05) is 0 Å². The van der Waals surface area contributed by atoms with E-state index in [1.165, 1.54) is 5.56 Å². The zero-order chi connectivity index (χ0) is 14.8. The molecule has 3 rings (SSSR count). The third-order valence-corrected chi connectivity index (χ3v) is 4.10. The topological polar surface area (TPSA) is 30.7 Å². The van der Waals surface area contributed by atoms with Crippen LogP contribution < -0.4 is 0 Å². The minimum atomic E-state index is 0.382. The van der Waals surface area contributed by atoms with E-state index in [1.807, 2.05) is 18.3 Å². The smallest absolute Gasteiger partial charge is 0.160 e. The molecule has 0 spiro atoms. The van der Waals surface area contributed by atoms with Gasteiger partial charge in [0.15, 0.2) is 5.65 Å². The standard InChI is InChI=1S/C17H18ClN3/c1-12-8-9-19-17-16(12)20-15(10-18)21(17)11-13(2)14-6-4-3-5-7-14/h3-9,13H,10-11H2,1-2H3. The molecule has 3 aromatic rings. The van der Waals surface area contributed by atoms with E-state index in [-0.39, 0.29) is 0 Å². The highest BCUT2D eigenvalue weighted by atomic mass is 35.5. The first-order chi connectivity index (χ1) is 10.2. The van der Waals surface area contributed by atoms with Crippen LogP contribution in [0.2, 0.25) is 0 Å². The fourth-order valence-electron chi connectivity index (χ4n) is 2.64. The molecule has 3 nitrogen and oxygen atoms in total. The first kappa shape index (κ1) is 14.1. The average molecular weight is 300 g/mol. The summed E-state index contributed by atoms with van der Waals surface area (Å²) in [6, 6.07) is 12.5. The Kier molecular flexibility index (Phi) is 3.93. The number of aryl methyl sites for hydroxylation is 1. The van der Waals surface area contributed by atoms with Crippen LogP contribution in [0.1, 0.15) is 29.8 Å². The van der Waals surface area contributed by atoms with Crippen LogP contribution in [0, 0.1) is 6.92 Å². The highest BCUT2D eigenvalue weighted by Gasteiger charge is 2.15. The molecule has 108 valence electrons. The average Bonchev–Trinajstić information content (AvgIpc) is 2.87. The predicted octanol–water partition coefficient (Wildman–Crippen LogP) is 4.28. The lowest BCUT2D eigenvalue weighted by atomic mass is 10.0. The fourth-order valence-corrected chi connectivity index (χ4v) is 2.84. The summed E-state index contributed by atoms with van der Waals surface area (Å²) in [6.07, 6.45) is 1.83. The number of fused-ring (bicyclic) bond motifs is 1.